The van der Waals surface area contributed by atoms with Gasteiger partial charge in [0.05, 0.1) is 3.57 Å². The molecule has 16 heavy (non-hydrogen) atoms. The standard InChI is InChI=1S/C10H12IN5/c1-3-12-8-7(11)6-14-9(15-8)10-13-4-5-16(10)2/h4-6H,3H2,1-2H3,(H,12,14,15). The highest BCUT2D eigenvalue weighted by Crippen LogP contribution is 2.18. The predicted octanol–water partition coefficient (Wildman–Crippen LogP) is 1.91. The summed E-state index contributed by atoms with van der Waals surface area (Å²) in [6.45, 7) is 2.88. The monoisotopic (exact) mass is 329 g/mol. The molecule has 0 saturated heterocycles. The van der Waals surface area contributed by atoms with Gasteiger partial charge in [0.1, 0.15) is 5.82 Å². The minimum atomic E-state index is 0.642. The van der Waals surface area contributed by atoms with Crippen LogP contribution in [0.1, 0.15) is 6.92 Å². The van der Waals surface area contributed by atoms with Crippen LogP contribution in [0.15, 0.2) is 18.6 Å². The van der Waals surface area contributed by atoms with Crippen LogP contribution in [0.3, 0.4) is 0 Å². The first kappa shape index (κ1) is 11.3. The summed E-state index contributed by atoms with van der Waals surface area (Å²) in [6.07, 6.45) is 5.42. The second-order valence-corrected chi connectivity index (χ2v) is 4.44. The molecule has 0 spiro atoms. The number of nitrogens with zero attached hydrogens (tertiary/aromatic N) is 4. The van der Waals surface area contributed by atoms with Gasteiger partial charge in [0.25, 0.3) is 0 Å². The highest BCUT2D eigenvalue weighted by atomic mass is 127. The third-order valence-corrected chi connectivity index (χ3v) is 2.90. The Labute approximate surface area is 107 Å². The third-order valence-electron chi connectivity index (χ3n) is 2.11. The number of rotatable bonds is 3. The summed E-state index contributed by atoms with van der Waals surface area (Å²) in [5, 5.41) is 3.20. The van der Waals surface area contributed by atoms with E-state index in [4.69, 9.17) is 0 Å². The maximum atomic E-state index is 4.45. The predicted molar refractivity (Wildman–Crippen MR) is 71.1 cm³/mol. The molecular formula is C10H12IN5. The lowest BCUT2D eigenvalue weighted by Gasteiger charge is -2.06. The SMILES string of the molecule is CCNc1nc(-c2nccn2C)ncc1I. The first-order valence-corrected chi connectivity index (χ1v) is 6.04. The minimum absolute atomic E-state index is 0.642. The number of anilines is 1. The number of halogens is 1. The molecule has 0 unspecified atom stereocenters. The molecule has 2 rings (SSSR count). The zero-order valence-electron chi connectivity index (χ0n) is 9.11. The maximum Gasteiger partial charge on any atom is 0.197 e. The lowest BCUT2D eigenvalue weighted by atomic mass is 10.5. The summed E-state index contributed by atoms with van der Waals surface area (Å²) in [5.41, 5.74) is 0. The Balaban J connectivity index is 2.43. The number of hydrogen-bond acceptors (Lipinski definition) is 4. The van der Waals surface area contributed by atoms with E-state index in [2.05, 4.69) is 42.9 Å². The summed E-state index contributed by atoms with van der Waals surface area (Å²) in [6, 6.07) is 0. The Morgan fingerprint density at radius 2 is 2.25 bits per heavy atom. The fraction of sp³-hybridized carbons (Fsp3) is 0.300. The van der Waals surface area contributed by atoms with Crippen molar-refractivity contribution in [2.45, 2.75) is 6.92 Å². The molecule has 6 heteroatoms. The van der Waals surface area contributed by atoms with Crippen molar-refractivity contribution >= 4 is 28.4 Å². The number of nitrogens with one attached hydrogen (secondary N) is 1. The summed E-state index contributed by atoms with van der Waals surface area (Å²) in [5.74, 6) is 2.27. The molecule has 0 radical (unpaired) electrons. The molecule has 2 heterocycles. The van der Waals surface area contributed by atoms with E-state index in [9.17, 15) is 0 Å². The van der Waals surface area contributed by atoms with Crippen molar-refractivity contribution in [3.8, 4) is 11.6 Å². The van der Waals surface area contributed by atoms with Gasteiger partial charge in [-0.25, -0.2) is 15.0 Å². The van der Waals surface area contributed by atoms with Crippen molar-refractivity contribution in [3.63, 3.8) is 0 Å². The first-order valence-electron chi connectivity index (χ1n) is 4.96. The Kier molecular flexibility index (Phi) is 3.37. The molecule has 0 aliphatic heterocycles. The van der Waals surface area contributed by atoms with Crippen LogP contribution in [0.5, 0.6) is 0 Å². The first-order chi connectivity index (χ1) is 7.72. The van der Waals surface area contributed by atoms with E-state index in [-0.39, 0.29) is 0 Å². The largest absolute Gasteiger partial charge is 0.369 e. The fourth-order valence-electron chi connectivity index (χ4n) is 1.35. The molecule has 0 aromatic carbocycles. The maximum absolute atomic E-state index is 4.45. The minimum Gasteiger partial charge on any atom is -0.369 e. The van der Waals surface area contributed by atoms with Gasteiger partial charge in [-0.05, 0) is 29.5 Å². The second-order valence-electron chi connectivity index (χ2n) is 3.28. The van der Waals surface area contributed by atoms with Crippen molar-refractivity contribution in [2.24, 2.45) is 7.05 Å². The zero-order valence-corrected chi connectivity index (χ0v) is 11.3. The topological polar surface area (TPSA) is 55.6 Å². The molecule has 0 aliphatic carbocycles. The van der Waals surface area contributed by atoms with Crippen LogP contribution >= 0.6 is 22.6 Å². The quantitative estimate of drug-likeness (QED) is 0.874. The van der Waals surface area contributed by atoms with Gasteiger partial charge in [0, 0.05) is 32.2 Å². The highest BCUT2D eigenvalue weighted by Gasteiger charge is 2.09. The van der Waals surface area contributed by atoms with E-state index < -0.39 is 0 Å². The van der Waals surface area contributed by atoms with Crippen molar-refractivity contribution < 1.29 is 0 Å². The number of imidazole rings is 1. The summed E-state index contributed by atoms with van der Waals surface area (Å²) in [7, 11) is 1.93. The average Bonchev–Trinajstić information content (AvgIpc) is 2.68. The summed E-state index contributed by atoms with van der Waals surface area (Å²) >= 11 is 2.21. The molecule has 0 aliphatic rings. The smallest absolute Gasteiger partial charge is 0.197 e. The lowest BCUT2D eigenvalue weighted by Crippen LogP contribution is -2.05. The Morgan fingerprint density at radius 1 is 1.44 bits per heavy atom. The lowest BCUT2D eigenvalue weighted by molar-refractivity contribution is 0.905. The zero-order chi connectivity index (χ0) is 11.5. The van der Waals surface area contributed by atoms with E-state index in [1.807, 2.05) is 24.7 Å². The number of aromatic nitrogens is 4. The number of aryl methyl sites for hydroxylation is 1. The van der Waals surface area contributed by atoms with Crippen molar-refractivity contribution in [2.75, 3.05) is 11.9 Å². The molecule has 0 fully saturated rings. The molecule has 0 amide bonds. The average molecular weight is 329 g/mol. The summed E-state index contributed by atoms with van der Waals surface area (Å²) in [4.78, 5) is 13.0. The van der Waals surface area contributed by atoms with Crippen LogP contribution in [0.4, 0.5) is 5.82 Å². The molecule has 1 N–H and O–H groups in total. The van der Waals surface area contributed by atoms with Gasteiger partial charge in [0.15, 0.2) is 11.6 Å². The molecular weight excluding hydrogens is 317 g/mol. The van der Waals surface area contributed by atoms with E-state index in [1.165, 1.54) is 0 Å². The van der Waals surface area contributed by atoms with Gasteiger partial charge in [-0.1, -0.05) is 0 Å². The molecule has 2 aromatic rings. The molecule has 0 atom stereocenters. The van der Waals surface area contributed by atoms with Gasteiger partial charge >= 0.3 is 0 Å². The normalized spacial score (nSPS) is 10.4. The van der Waals surface area contributed by atoms with Gasteiger partial charge in [0.2, 0.25) is 0 Å². The van der Waals surface area contributed by atoms with E-state index in [1.54, 1.807) is 12.4 Å². The van der Waals surface area contributed by atoms with Crippen molar-refractivity contribution in [1.82, 2.24) is 19.5 Å². The van der Waals surface area contributed by atoms with Crippen LogP contribution in [0.25, 0.3) is 11.6 Å². The van der Waals surface area contributed by atoms with Gasteiger partial charge in [-0.2, -0.15) is 0 Å². The molecule has 0 saturated carbocycles. The highest BCUT2D eigenvalue weighted by molar-refractivity contribution is 14.1. The molecule has 0 bridgehead atoms. The van der Waals surface area contributed by atoms with Gasteiger partial charge in [-0.15, -0.1) is 0 Å². The van der Waals surface area contributed by atoms with Crippen LogP contribution in [-0.2, 0) is 7.05 Å². The van der Waals surface area contributed by atoms with Crippen molar-refractivity contribution in [3.05, 3.63) is 22.2 Å². The fourth-order valence-corrected chi connectivity index (χ4v) is 1.80. The van der Waals surface area contributed by atoms with Gasteiger partial charge in [-0.3, -0.25) is 0 Å². The Hall–Kier alpha value is -1.18. The van der Waals surface area contributed by atoms with E-state index in [0.717, 1.165) is 21.8 Å². The molecule has 2 aromatic heterocycles. The second kappa shape index (κ2) is 4.77. The Bertz CT molecular complexity index is 494. The van der Waals surface area contributed by atoms with E-state index >= 15 is 0 Å². The van der Waals surface area contributed by atoms with Crippen LogP contribution in [0, 0.1) is 3.57 Å². The molecule has 5 nitrogen and oxygen atoms in total. The summed E-state index contributed by atoms with van der Waals surface area (Å²) < 4.78 is 2.91. The van der Waals surface area contributed by atoms with Crippen LogP contribution < -0.4 is 5.32 Å². The molecule has 84 valence electrons. The van der Waals surface area contributed by atoms with Crippen LogP contribution in [0.2, 0.25) is 0 Å². The van der Waals surface area contributed by atoms with Crippen LogP contribution in [-0.4, -0.2) is 26.1 Å². The van der Waals surface area contributed by atoms with Crippen molar-refractivity contribution in [1.29, 1.82) is 0 Å². The Morgan fingerprint density at radius 3 is 2.88 bits per heavy atom. The van der Waals surface area contributed by atoms with E-state index in [0.29, 0.717) is 5.82 Å². The van der Waals surface area contributed by atoms with Gasteiger partial charge < -0.3 is 9.88 Å². The number of hydrogen-bond donors (Lipinski definition) is 1. The third kappa shape index (κ3) is 2.16.